The highest BCUT2D eigenvalue weighted by atomic mass is 35.5. The van der Waals surface area contributed by atoms with Gasteiger partial charge in [-0.25, -0.2) is 4.90 Å². The van der Waals surface area contributed by atoms with Gasteiger partial charge in [0.15, 0.2) is 0 Å². The van der Waals surface area contributed by atoms with E-state index in [4.69, 9.17) is 25.9 Å². The van der Waals surface area contributed by atoms with Crippen molar-refractivity contribution in [3.63, 3.8) is 0 Å². The summed E-state index contributed by atoms with van der Waals surface area (Å²) in [7, 11) is 3.10. The summed E-state index contributed by atoms with van der Waals surface area (Å²) >= 11 is 5.90. The monoisotopic (exact) mass is 400 g/mol. The third-order valence-corrected chi connectivity index (χ3v) is 5.12. The maximum atomic E-state index is 13.1. The smallest absolute Gasteiger partial charge is 0.281 e. The van der Waals surface area contributed by atoms with Crippen molar-refractivity contribution < 1.29 is 23.9 Å². The van der Waals surface area contributed by atoms with Crippen molar-refractivity contribution in [3.8, 4) is 11.5 Å². The Hall–Kier alpha value is -3.06. The zero-order valence-electron chi connectivity index (χ0n) is 15.3. The lowest BCUT2D eigenvalue weighted by atomic mass is 9.92. The largest absolute Gasteiger partial charge is 0.497 e. The molecule has 1 saturated heterocycles. The first-order valence-electron chi connectivity index (χ1n) is 8.58. The summed E-state index contributed by atoms with van der Waals surface area (Å²) in [6, 6.07) is 11.8. The van der Waals surface area contributed by atoms with E-state index in [1.807, 2.05) is 0 Å². The van der Waals surface area contributed by atoms with Gasteiger partial charge in [-0.2, -0.15) is 0 Å². The van der Waals surface area contributed by atoms with Crippen molar-refractivity contribution in [1.29, 1.82) is 0 Å². The molecule has 2 aliphatic heterocycles. The summed E-state index contributed by atoms with van der Waals surface area (Å²) < 4.78 is 10.6. The van der Waals surface area contributed by atoms with Gasteiger partial charge in [0.1, 0.15) is 11.5 Å². The molecule has 0 unspecified atom stereocenters. The number of imide groups is 1. The predicted molar refractivity (Wildman–Crippen MR) is 103 cm³/mol. The molecule has 2 aromatic rings. The van der Waals surface area contributed by atoms with Crippen molar-refractivity contribution in [1.82, 2.24) is 0 Å². The van der Waals surface area contributed by atoms with E-state index < -0.39 is 11.5 Å². The van der Waals surface area contributed by atoms with E-state index in [-0.39, 0.29) is 18.7 Å². The molecule has 0 radical (unpaired) electrons. The normalized spacial score (nSPS) is 21.1. The van der Waals surface area contributed by atoms with Crippen molar-refractivity contribution in [2.45, 2.75) is 18.4 Å². The van der Waals surface area contributed by atoms with E-state index in [1.165, 1.54) is 7.11 Å². The van der Waals surface area contributed by atoms with E-state index in [1.54, 1.807) is 49.6 Å². The molecule has 1 fully saturated rings. The van der Waals surface area contributed by atoms with Crippen LogP contribution in [0.3, 0.4) is 0 Å². The molecule has 0 bridgehead atoms. The second-order valence-electron chi connectivity index (χ2n) is 6.55. The third-order valence-electron chi connectivity index (χ3n) is 4.87. The first-order valence-corrected chi connectivity index (χ1v) is 8.95. The summed E-state index contributed by atoms with van der Waals surface area (Å²) in [5.41, 5.74) is 0.344. The zero-order chi connectivity index (χ0) is 19.9. The Kier molecular flexibility index (Phi) is 4.47. The molecule has 0 aliphatic carbocycles. The number of ether oxygens (including phenoxy) is 2. The third kappa shape index (κ3) is 2.88. The van der Waals surface area contributed by atoms with Crippen molar-refractivity contribution >= 4 is 34.8 Å². The van der Waals surface area contributed by atoms with Crippen LogP contribution in [-0.4, -0.2) is 37.3 Å². The molecule has 4 rings (SSSR count). The van der Waals surface area contributed by atoms with Crippen LogP contribution in [0.25, 0.3) is 0 Å². The number of carbonyl (C=O) groups excluding carboxylic acids is 2. The summed E-state index contributed by atoms with van der Waals surface area (Å²) in [5.74, 6) is 0.400. The highest BCUT2D eigenvalue weighted by Gasteiger charge is 2.58. The number of rotatable bonds is 4. The number of oxime groups is 1. The van der Waals surface area contributed by atoms with E-state index >= 15 is 0 Å². The lowest BCUT2D eigenvalue weighted by Crippen LogP contribution is -2.40. The van der Waals surface area contributed by atoms with Crippen LogP contribution in [0.5, 0.6) is 11.5 Å². The predicted octanol–water partition coefficient (Wildman–Crippen LogP) is 3.18. The van der Waals surface area contributed by atoms with Gasteiger partial charge in [0.05, 0.1) is 32.0 Å². The molecule has 1 atom stereocenters. The molecule has 28 heavy (non-hydrogen) atoms. The molecular weight excluding hydrogens is 384 g/mol. The number of halogens is 1. The number of hydrogen-bond acceptors (Lipinski definition) is 6. The lowest BCUT2D eigenvalue weighted by molar-refractivity contribution is -0.136. The SMILES string of the molecule is COc1ccc(C2=NO[C@@]3(CC(=O)N(c4ccc(Cl)cc4)C3=O)C2)c(OC)c1. The summed E-state index contributed by atoms with van der Waals surface area (Å²) in [6.07, 6.45) is 0.0876. The molecule has 0 saturated carbocycles. The zero-order valence-corrected chi connectivity index (χ0v) is 16.0. The fourth-order valence-electron chi connectivity index (χ4n) is 3.44. The Morgan fingerprint density at radius 1 is 1.07 bits per heavy atom. The molecule has 7 nitrogen and oxygen atoms in total. The topological polar surface area (TPSA) is 77.4 Å². The van der Waals surface area contributed by atoms with Crippen LogP contribution < -0.4 is 14.4 Å². The minimum Gasteiger partial charge on any atom is -0.497 e. The van der Waals surface area contributed by atoms with Gasteiger partial charge in [-0.05, 0) is 36.4 Å². The Morgan fingerprint density at radius 2 is 1.82 bits per heavy atom. The van der Waals surface area contributed by atoms with E-state index in [0.717, 1.165) is 4.90 Å². The first kappa shape index (κ1) is 18.3. The average molecular weight is 401 g/mol. The fraction of sp³-hybridized carbons (Fsp3) is 0.250. The van der Waals surface area contributed by atoms with Crippen LogP contribution in [0.2, 0.25) is 5.02 Å². The standard InChI is InChI=1S/C20H17ClN2O5/c1-26-14-7-8-15(17(9-14)27-2)16-10-20(28-22-16)11-18(24)23(19(20)25)13-5-3-12(21)4-6-13/h3-9H,10-11H2,1-2H3/t20-/m1/s1. The summed E-state index contributed by atoms with van der Waals surface area (Å²) in [6.45, 7) is 0. The number of anilines is 1. The van der Waals surface area contributed by atoms with Crippen LogP contribution >= 0.6 is 11.6 Å². The van der Waals surface area contributed by atoms with E-state index in [2.05, 4.69) is 5.16 Å². The van der Waals surface area contributed by atoms with Gasteiger partial charge < -0.3 is 14.3 Å². The maximum absolute atomic E-state index is 13.1. The highest BCUT2D eigenvalue weighted by molar-refractivity contribution is 6.31. The van der Waals surface area contributed by atoms with Gasteiger partial charge in [0.2, 0.25) is 11.5 Å². The number of nitrogens with zero attached hydrogens (tertiary/aromatic N) is 2. The van der Waals surface area contributed by atoms with Gasteiger partial charge in [-0.15, -0.1) is 0 Å². The maximum Gasteiger partial charge on any atom is 0.281 e. The molecule has 0 N–H and O–H groups in total. The van der Waals surface area contributed by atoms with Crippen LogP contribution in [0.4, 0.5) is 5.69 Å². The lowest BCUT2D eigenvalue weighted by Gasteiger charge is -2.19. The molecule has 0 aromatic heterocycles. The Bertz CT molecular complexity index is 989. The first-order chi connectivity index (χ1) is 13.5. The van der Waals surface area contributed by atoms with Crippen LogP contribution in [0.15, 0.2) is 47.6 Å². The molecule has 2 aliphatic rings. The van der Waals surface area contributed by atoms with E-state index in [0.29, 0.717) is 33.5 Å². The van der Waals surface area contributed by atoms with Crippen molar-refractivity contribution in [2.75, 3.05) is 19.1 Å². The molecular formula is C20H17ClN2O5. The summed E-state index contributed by atoms with van der Waals surface area (Å²) in [4.78, 5) is 32.3. The minimum atomic E-state index is -1.34. The molecule has 144 valence electrons. The number of benzene rings is 2. The molecule has 1 spiro atoms. The Labute approximate surface area is 166 Å². The number of carbonyl (C=O) groups is 2. The molecule has 8 heteroatoms. The van der Waals surface area contributed by atoms with Gasteiger partial charge in [0, 0.05) is 23.1 Å². The van der Waals surface area contributed by atoms with Gasteiger partial charge in [-0.3, -0.25) is 9.59 Å². The van der Waals surface area contributed by atoms with Gasteiger partial charge in [0.25, 0.3) is 5.91 Å². The average Bonchev–Trinajstić information content (AvgIpc) is 3.23. The Morgan fingerprint density at radius 3 is 2.50 bits per heavy atom. The quantitative estimate of drug-likeness (QED) is 0.736. The van der Waals surface area contributed by atoms with Crippen LogP contribution in [-0.2, 0) is 14.4 Å². The number of amides is 2. The molecule has 2 aromatic carbocycles. The van der Waals surface area contributed by atoms with Gasteiger partial charge >= 0.3 is 0 Å². The fourth-order valence-corrected chi connectivity index (χ4v) is 3.56. The number of methoxy groups -OCH3 is 2. The highest BCUT2D eigenvalue weighted by Crippen LogP contribution is 2.40. The molecule has 2 amide bonds. The van der Waals surface area contributed by atoms with Crippen molar-refractivity contribution in [2.24, 2.45) is 5.16 Å². The van der Waals surface area contributed by atoms with Crippen LogP contribution in [0, 0.1) is 0 Å². The Balaban J connectivity index is 1.61. The second-order valence-corrected chi connectivity index (χ2v) is 6.99. The number of hydrogen-bond donors (Lipinski definition) is 0. The minimum absolute atomic E-state index is 0.0834. The summed E-state index contributed by atoms with van der Waals surface area (Å²) in [5, 5.41) is 4.63. The van der Waals surface area contributed by atoms with Crippen LogP contribution in [0.1, 0.15) is 18.4 Å². The van der Waals surface area contributed by atoms with Gasteiger partial charge in [-0.1, -0.05) is 16.8 Å². The second kappa shape index (κ2) is 6.83. The van der Waals surface area contributed by atoms with Crippen molar-refractivity contribution in [3.05, 3.63) is 53.1 Å². The molecule has 2 heterocycles. The van der Waals surface area contributed by atoms with E-state index in [9.17, 15) is 9.59 Å².